The maximum Gasteiger partial charge on any atom is 0.261 e. The van der Waals surface area contributed by atoms with Gasteiger partial charge in [-0.15, -0.1) is 11.6 Å². The van der Waals surface area contributed by atoms with Gasteiger partial charge in [-0.3, -0.25) is 0 Å². The van der Waals surface area contributed by atoms with Crippen LogP contribution < -0.4 is 0 Å². The van der Waals surface area contributed by atoms with Gasteiger partial charge in [0.15, 0.2) is 0 Å². The van der Waals surface area contributed by atoms with Crippen molar-refractivity contribution in [1.29, 1.82) is 0 Å². The van der Waals surface area contributed by atoms with Crippen molar-refractivity contribution in [3.05, 3.63) is 17.8 Å². The number of halogens is 3. The molecule has 3 nitrogen and oxygen atoms in total. The molecule has 1 aromatic rings. The molecule has 0 saturated heterocycles. The van der Waals surface area contributed by atoms with E-state index in [2.05, 4.69) is 4.98 Å². The number of oxazole rings is 1. The number of ether oxygens (including phenoxy) is 1. The Balaban J connectivity index is 2.26. The van der Waals surface area contributed by atoms with E-state index in [0.29, 0.717) is 18.1 Å². The van der Waals surface area contributed by atoms with Gasteiger partial charge in [0.1, 0.15) is 17.7 Å². The van der Waals surface area contributed by atoms with Crippen LogP contribution in [0.2, 0.25) is 0 Å². The summed E-state index contributed by atoms with van der Waals surface area (Å²) in [5, 5.41) is -0.291. The Morgan fingerprint density at radius 3 is 2.87 bits per heavy atom. The fourth-order valence-electron chi connectivity index (χ4n) is 0.967. The van der Waals surface area contributed by atoms with E-state index in [4.69, 9.17) is 20.8 Å². The second kappa shape index (κ2) is 6.02. The van der Waals surface area contributed by atoms with Crippen LogP contribution in [0.3, 0.4) is 0 Å². The molecular weight excluding hydrogens is 228 g/mol. The maximum absolute atomic E-state index is 11.7. The van der Waals surface area contributed by atoms with Crippen molar-refractivity contribution >= 4 is 11.6 Å². The number of nitrogens with zero attached hydrogens (tertiary/aromatic N) is 1. The lowest BCUT2D eigenvalue weighted by atomic mass is 10.4. The van der Waals surface area contributed by atoms with Crippen molar-refractivity contribution < 1.29 is 17.9 Å². The molecule has 0 aliphatic heterocycles. The third kappa shape index (κ3) is 4.57. The van der Waals surface area contributed by atoms with E-state index in [1.807, 2.05) is 0 Å². The summed E-state index contributed by atoms with van der Waals surface area (Å²) in [4.78, 5) is 3.93. The molecule has 0 aliphatic carbocycles. The third-order valence-corrected chi connectivity index (χ3v) is 1.84. The molecule has 1 heterocycles. The van der Waals surface area contributed by atoms with Gasteiger partial charge in [0, 0.05) is 6.42 Å². The Morgan fingerprint density at radius 2 is 2.33 bits per heavy atom. The third-order valence-electron chi connectivity index (χ3n) is 1.65. The summed E-state index contributed by atoms with van der Waals surface area (Å²) in [6, 6.07) is 0. The van der Waals surface area contributed by atoms with E-state index >= 15 is 0 Å². The predicted molar refractivity (Wildman–Crippen MR) is 51.3 cm³/mol. The SMILES string of the molecule is CC(Cl)c1ncc(CCOCC(F)F)o1. The Morgan fingerprint density at radius 1 is 1.60 bits per heavy atom. The molecule has 0 bridgehead atoms. The molecule has 0 N–H and O–H groups in total. The second-order valence-electron chi connectivity index (χ2n) is 3.00. The summed E-state index contributed by atoms with van der Waals surface area (Å²) in [7, 11) is 0. The van der Waals surface area contributed by atoms with Gasteiger partial charge in [-0.1, -0.05) is 0 Å². The number of aromatic nitrogens is 1. The van der Waals surface area contributed by atoms with Crippen LogP contribution in [0.25, 0.3) is 0 Å². The van der Waals surface area contributed by atoms with Gasteiger partial charge in [0.25, 0.3) is 6.43 Å². The maximum atomic E-state index is 11.7. The lowest BCUT2D eigenvalue weighted by Gasteiger charge is -2.00. The molecule has 6 heteroatoms. The lowest BCUT2D eigenvalue weighted by Crippen LogP contribution is -2.06. The molecule has 0 spiro atoms. The first kappa shape index (κ1) is 12.4. The molecule has 0 radical (unpaired) electrons. The summed E-state index contributed by atoms with van der Waals surface area (Å²) in [6.07, 6.45) is -0.485. The van der Waals surface area contributed by atoms with Crippen molar-refractivity contribution in [2.45, 2.75) is 25.1 Å². The van der Waals surface area contributed by atoms with E-state index in [0.717, 1.165) is 0 Å². The van der Waals surface area contributed by atoms with Crippen LogP contribution in [0.1, 0.15) is 24.0 Å². The van der Waals surface area contributed by atoms with Gasteiger partial charge < -0.3 is 9.15 Å². The molecule has 86 valence electrons. The van der Waals surface area contributed by atoms with Gasteiger partial charge in [0.05, 0.1) is 12.8 Å². The number of hydrogen-bond donors (Lipinski definition) is 0. The first-order valence-electron chi connectivity index (χ1n) is 4.54. The second-order valence-corrected chi connectivity index (χ2v) is 3.65. The quantitative estimate of drug-likeness (QED) is 0.566. The minimum absolute atomic E-state index is 0.190. The summed E-state index contributed by atoms with van der Waals surface area (Å²) in [5.41, 5.74) is 0. The highest BCUT2D eigenvalue weighted by Gasteiger charge is 2.09. The van der Waals surface area contributed by atoms with Gasteiger partial charge in [-0.2, -0.15) is 0 Å². The van der Waals surface area contributed by atoms with Crippen LogP contribution in [0.5, 0.6) is 0 Å². The minimum Gasteiger partial charge on any atom is -0.444 e. The molecule has 0 saturated carbocycles. The first-order chi connectivity index (χ1) is 7.09. The molecular formula is C9H12ClF2NO2. The zero-order chi connectivity index (χ0) is 11.3. The lowest BCUT2D eigenvalue weighted by molar-refractivity contribution is 0.0176. The highest BCUT2D eigenvalue weighted by molar-refractivity contribution is 6.20. The van der Waals surface area contributed by atoms with Gasteiger partial charge in [0.2, 0.25) is 5.89 Å². The molecule has 0 aromatic carbocycles. The Labute approximate surface area is 91.4 Å². The molecule has 1 unspecified atom stereocenters. The standard InChI is InChI=1S/C9H12ClF2NO2/c1-6(10)9-13-4-7(15-9)2-3-14-5-8(11)12/h4,6,8H,2-3,5H2,1H3. The van der Waals surface area contributed by atoms with Crippen molar-refractivity contribution in [2.24, 2.45) is 0 Å². The summed E-state index contributed by atoms with van der Waals surface area (Å²) >= 11 is 5.73. The molecule has 0 fully saturated rings. The Kier molecular flexibility index (Phi) is 4.98. The average Bonchev–Trinajstić information content (AvgIpc) is 2.60. The smallest absolute Gasteiger partial charge is 0.261 e. The topological polar surface area (TPSA) is 35.3 Å². The van der Waals surface area contributed by atoms with E-state index in [1.165, 1.54) is 6.20 Å². The number of alkyl halides is 3. The van der Waals surface area contributed by atoms with E-state index in [1.54, 1.807) is 6.92 Å². The molecule has 0 amide bonds. The van der Waals surface area contributed by atoms with Crippen LogP contribution in [0, 0.1) is 0 Å². The fraction of sp³-hybridized carbons (Fsp3) is 0.667. The van der Waals surface area contributed by atoms with Crippen LogP contribution in [-0.4, -0.2) is 24.6 Å². The highest BCUT2D eigenvalue weighted by Crippen LogP contribution is 2.18. The van der Waals surface area contributed by atoms with E-state index < -0.39 is 13.0 Å². The number of rotatable bonds is 6. The normalized spacial score (nSPS) is 13.4. The predicted octanol–water partition coefficient (Wildman–Crippen LogP) is 2.80. The zero-order valence-electron chi connectivity index (χ0n) is 8.25. The highest BCUT2D eigenvalue weighted by atomic mass is 35.5. The summed E-state index contributed by atoms with van der Waals surface area (Å²) in [5.74, 6) is 1.02. The van der Waals surface area contributed by atoms with E-state index in [9.17, 15) is 8.78 Å². The summed E-state index contributed by atoms with van der Waals surface area (Å²) < 4.78 is 33.3. The van der Waals surface area contributed by atoms with Gasteiger partial charge in [-0.05, 0) is 6.92 Å². The molecule has 0 aliphatic rings. The molecule has 1 rings (SSSR count). The van der Waals surface area contributed by atoms with Crippen LogP contribution in [0.4, 0.5) is 8.78 Å². The molecule has 1 aromatic heterocycles. The Bertz CT molecular complexity index is 291. The zero-order valence-corrected chi connectivity index (χ0v) is 9.01. The van der Waals surface area contributed by atoms with Crippen molar-refractivity contribution in [3.8, 4) is 0 Å². The molecule has 15 heavy (non-hydrogen) atoms. The van der Waals surface area contributed by atoms with Crippen molar-refractivity contribution in [1.82, 2.24) is 4.98 Å². The minimum atomic E-state index is -2.43. The largest absolute Gasteiger partial charge is 0.444 e. The fourth-order valence-corrected chi connectivity index (χ4v) is 1.07. The van der Waals surface area contributed by atoms with Crippen LogP contribution in [0.15, 0.2) is 10.6 Å². The number of hydrogen-bond acceptors (Lipinski definition) is 3. The van der Waals surface area contributed by atoms with Crippen molar-refractivity contribution in [3.63, 3.8) is 0 Å². The van der Waals surface area contributed by atoms with Gasteiger partial charge in [-0.25, -0.2) is 13.8 Å². The van der Waals surface area contributed by atoms with Crippen LogP contribution >= 0.6 is 11.6 Å². The molecule has 1 atom stereocenters. The average molecular weight is 240 g/mol. The first-order valence-corrected chi connectivity index (χ1v) is 4.97. The van der Waals surface area contributed by atoms with Crippen LogP contribution in [-0.2, 0) is 11.2 Å². The monoisotopic (exact) mass is 239 g/mol. The van der Waals surface area contributed by atoms with Gasteiger partial charge >= 0.3 is 0 Å². The Hall–Kier alpha value is -0.680. The summed E-state index contributed by atoms with van der Waals surface area (Å²) in [6.45, 7) is 1.38. The van der Waals surface area contributed by atoms with E-state index in [-0.39, 0.29) is 12.0 Å². The van der Waals surface area contributed by atoms with Crippen molar-refractivity contribution in [2.75, 3.05) is 13.2 Å².